The number of ether oxygens (including phenoxy) is 1. The molecule has 0 unspecified atom stereocenters. The minimum Gasteiger partial charge on any atom is -0.465 e. The van der Waals surface area contributed by atoms with Crippen molar-refractivity contribution in [2.24, 2.45) is 0 Å². The van der Waals surface area contributed by atoms with E-state index in [0.717, 1.165) is 0 Å². The highest BCUT2D eigenvalue weighted by Gasteiger charge is 2.24. The molecule has 0 spiro atoms. The Morgan fingerprint density at radius 1 is 1.24 bits per heavy atom. The third-order valence-corrected chi connectivity index (χ3v) is 5.35. The SMILES string of the molecule is CCCn1c(=O)[nH]c(=O)c2c(C(=O)N(C)Cc3cc(C(=O)OC)c(C)o3)cc(C(C)C)nc21. The number of hydrogen-bond donors (Lipinski definition) is 1. The molecule has 0 radical (unpaired) electrons. The second kappa shape index (κ2) is 9.43. The van der Waals surface area contributed by atoms with E-state index in [2.05, 4.69) is 9.97 Å². The molecular weight excluding hydrogens is 428 g/mol. The molecule has 0 aliphatic heterocycles. The second-order valence-corrected chi connectivity index (χ2v) is 8.19. The van der Waals surface area contributed by atoms with E-state index in [4.69, 9.17) is 9.15 Å². The molecule has 3 aromatic heterocycles. The predicted molar refractivity (Wildman–Crippen MR) is 122 cm³/mol. The molecule has 0 aliphatic carbocycles. The Labute approximate surface area is 190 Å². The molecule has 0 saturated heterocycles. The Morgan fingerprint density at radius 2 is 1.94 bits per heavy atom. The van der Waals surface area contributed by atoms with Crippen LogP contribution in [0.5, 0.6) is 0 Å². The predicted octanol–water partition coefficient (Wildman–Crippen LogP) is 2.58. The third kappa shape index (κ3) is 4.59. The van der Waals surface area contributed by atoms with E-state index in [0.29, 0.717) is 30.2 Å². The topological polar surface area (TPSA) is 128 Å². The minimum atomic E-state index is -0.663. The van der Waals surface area contributed by atoms with Crippen LogP contribution in [0.1, 0.15) is 71.0 Å². The number of carbonyl (C=O) groups is 2. The molecule has 0 saturated carbocycles. The van der Waals surface area contributed by atoms with E-state index in [1.165, 1.54) is 22.6 Å². The van der Waals surface area contributed by atoms with Crippen molar-refractivity contribution in [2.75, 3.05) is 14.2 Å². The number of esters is 1. The maximum absolute atomic E-state index is 13.5. The Hall–Kier alpha value is -3.69. The number of amides is 1. The summed E-state index contributed by atoms with van der Waals surface area (Å²) < 4.78 is 11.7. The van der Waals surface area contributed by atoms with Crippen molar-refractivity contribution in [2.45, 2.75) is 53.1 Å². The Kier molecular flexibility index (Phi) is 6.85. The van der Waals surface area contributed by atoms with Crippen LogP contribution in [0, 0.1) is 6.92 Å². The molecule has 33 heavy (non-hydrogen) atoms. The van der Waals surface area contributed by atoms with Crippen molar-refractivity contribution in [3.8, 4) is 0 Å². The van der Waals surface area contributed by atoms with E-state index in [1.807, 2.05) is 20.8 Å². The zero-order valence-corrected chi connectivity index (χ0v) is 19.6. The van der Waals surface area contributed by atoms with Gasteiger partial charge in [-0.1, -0.05) is 20.8 Å². The summed E-state index contributed by atoms with van der Waals surface area (Å²) in [4.78, 5) is 58.7. The summed E-state index contributed by atoms with van der Waals surface area (Å²) in [6.45, 7) is 7.79. The fourth-order valence-corrected chi connectivity index (χ4v) is 3.63. The highest BCUT2D eigenvalue weighted by Crippen LogP contribution is 2.22. The largest absolute Gasteiger partial charge is 0.465 e. The maximum Gasteiger partial charge on any atom is 0.341 e. The fraction of sp³-hybridized carbons (Fsp3) is 0.435. The van der Waals surface area contributed by atoms with E-state index in [9.17, 15) is 19.2 Å². The number of aromatic nitrogens is 3. The first-order valence-electron chi connectivity index (χ1n) is 10.7. The molecule has 0 atom stereocenters. The highest BCUT2D eigenvalue weighted by molar-refractivity contribution is 6.05. The number of methoxy groups -OCH3 is 1. The minimum absolute atomic E-state index is 0.0361. The number of nitrogens with one attached hydrogen (secondary N) is 1. The molecule has 0 bridgehead atoms. The van der Waals surface area contributed by atoms with Crippen LogP contribution in [-0.4, -0.2) is 45.5 Å². The number of fused-ring (bicyclic) bond motifs is 1. The van der Waals surface area contributed by atoms with Crippen LogP contribution in [0.3, 0.4) is 0 Å². The van der Waals surface area contributed by atoms with Crippen LogP contribution in [0.2, 0.25) is 0 Å². The molecule has 3 aromatic rings. The average Bonchev–Trinajstić information content (AvgIpc) is 3.14. The van der Waals surface area contributed by atoms with E-state index >= 15 is 0 Å². The zero-order valence-electron chi connectivity index (χ0n) is 19.6. The van der Waals surface area contributed by atoms with Gasteiger partial charge in [-0.2, -0.15) is 0 Å². The molecule has 176 valence electrons. The molecular formula is C23H28N4O6. The standard InChI is InChI=1S/C23H28N4O6/c1-7-8-27-19-18(20(28)25-23(27)31)16(10-17(24-19)12(2)3)21(29)26(5)11-14-9-15(13(4)33-14)22(30)32-6/h9-10,12H,7-8,11H2,1-6H3,(H,25,28,31). The summed E-state index contributed by atoms with van der Waals surface area (Å²) in [5, 5.41) is 0.0650. The molecule has 0 aliphatic rings. The summed E-state index contributed by atoms with van der Waals surface area (Å²) >= 11 is 0. The van der Waals surface area contributed by atoms with Crippen molar-refractivity contribution >= 4 is 22.9 Å². The van der Waals surface area contributed by atoms with Crippen LogP contribution < -0.4 is 11.2 Å². The number of H-pyrrole nitrogens is 1. The van der Waals surface area contributed by atoms with Crippen molar-refractivity contribution in [3.05, 3.63) is 61.3 Å². The van der Waals surface area contributed by atoms with Gasteiger partial charge in [-0.25, -0.2) is 14.6 Å². The number of pyridine rings is 1. The van der Waals surface area contributed by atoms with Gasteiger partial charge in [0, 0.05) is 19.3 Å². The van der Waals surface area contributed by atoms with E-state index in [1.54, 1.807) is 20.0 Å². The first-order chi connectivity index (χ1) is 15.6. The summed E-state index contributed by atoms with van der Waals surface area (Å²) in [5.74, 6) is -0.230. The highest BCUT2D eigenvalue weighted by atomic mass is 16.5. The summed E-state index contributed by atoms with van der Waals surface area (Å²) in [6.07, 6.45) is 0.651. The average molecular weight is 456 g/mol. The second-order valence-electron chi connectivity index (χ2n) is 8.19. The van der Waals surface area contributed by atoms with Gasteiger partial charge in [0.1, 0.15) is 17.1 Å². The number of furan rings is 1. The van der Waals surface area contributed by atoms with Crippen molar-refractivity contribution in [3.63, 3.8) is 0 Å². The van der Waals surface area contributed by atoms with Crippen LogP contribution in [-0.2, 0) is 17.8 Å². The number of aryl methyl sites for hydroxylation is 2. The number of rotatable bonds is 7. The summed E-state index contributed by atoms with van der Waals surface area (Å²) in [7, 11) is 2.84. The van der Waals surface area contributed by atoms with Crippen LogP contribution >= 0.6 is 0 Å². The number of hydrogen-bond acceptors (Lipinski definition) is 7. The van der Waals surface area contributed by atoms with Crippen molar-refractivity contribution in [1.82, 2.24) is 19.4 Å². The molecule has 0 fully saturated rings. The number of nitrogens with zero attached hydrogens (tertiary/aromatic N) is 3. The molecule has 3 heterocycles. The smallest absolute Gasteiger partial charge is 0.341 e. The maximum atomic E-state index is 13.5. The molecule has 10 heteroatoms. The van der Waals surface area contributed by atoms with Gasteiger partial charge in [0.25, 0.3) is 11.5 Å². The van der Waals surface area contributed by atoms with E-state index < -0.39 is 23.1 Å². The lowest BCUT2D eigenvalue weighted by Gasteiger charge is -2.19. The Morgan fingerprint density at radius 3 is 2.55 bits per heavy atom. The number of aromatic amines is 1. The van der Waals surface area contributed by atoms with Crippen molar-refractivity contribution in [1.29, 1.82) is 0 Å². The molecule has 1 amide bonds. The Bertz CT molecular complexity index is 1330. The van der Waals surface area contributed by atoms with E-state index in [-0.39, 0.29) is 34.6 Å². The lowest BCUT2D eigenvalue weighted by atomic mass is 10.0. The first-order valence-corrected chi connectivity index (χ1v) is 10.7. The normalized spacial score (nSPS) is 11.2. The molecule has 3 rings (SSSR count). The van der Waals surface area contributed by atoms with Gasteiger partial charge in [-0.05, 0) is 31.4 Å². The molecule has 0 aromatic carbocycles. The molecule has 10 nitrogen and oxygen atoms in total. The fourth-order valence-electron chi connectivity index (χ4n) is 3.63. The third-order valence-electron chi connectivity index (χ3n) is 5.35. The lowest BCUT2D eigenvalue weighted by molar-refractivity contribution is 0.0598. The van der Waals surface area contributed by atoms with Gasteiger partial charge in [-0.3, -0.25) is 19.1 Å². The van der Waals surface area contributed by atoms with Gasteiger partial charge in [0.2, 0.25) is 0 Å². The molecule has 1 N–H and O–H groups in total. The van der Waals surface area contributed by atoms with Crippen LogP contribution in [0.15, 0.2) is 26.1 Å². The van der Waals surface area contributed by atoms with Gasteiger partial charge in [-0.15, -0.1) is 0 Å². The zero-order chi connectivity index (χ0) is 24.4. The van der Waals surface area contributed by atoms with Gasteiger partial charge >= 0.3 is 11.7 Å². The summed E-state index contributed by atoms with van der Waals surface area (Å²) in [6, 6.07) is 3.12. The quantitative estimate of drug-likeness (QED) is 0.541. The van der Waals surface area contributed by atoms with Gasteiger partial charge in [0.05, 0.1) is 24.6 Å². The van der Waals surface area contributed by atoms with Crippen LogP contribution in [0.4, 0.5) is 0 Å². The van der Waals surface area contributed by atoms with Gasteiger partial charge < -0.3 is 14.1 Å². The lowest BCUT2D eigenvalue weighted by Crippen LogP contribution is -2.34. The monoisotopic (exact) mass is 456 g/mol. The summed E-state index contributed by atoms with van der Waals surface area (Å²) in [5.41, 5.74) is -0.00969. The van der Waals surface area contributed by atoms with Gasteiger partial charge in [0.15, 0.2) is 5.65 Å². The van der Waals surface area contributed by atoms with Crippen LogP contribution in [0.25, 0.3) is 11.0 Å². The Balaban J connectivity index is 2.11. The number of carbonyl (C=O) groups excluding carboxylic acids is 2. The van der Waals surface area contributed by atoms with Crippen molar-refractivity contribution < 1.29 is 18.7 Å². The first kappa shape index (κ1) is 24.0.